The summed E-state index contributed by atoms with van der Waals surface area (Å²) in [6.45, 7) is 1.54. The molecule has 1 atom stereocenters. The number of nitrogens with two attached hydrogens (primary N) is 1. The van der Waals surface area contributed by atoms with Crippen molar-refractivity contribution in [3.8, 4) is 11.5 Å². The van der Waals surface area contributed by atoms with Crippen LogP contribution in [-0.4, -0.2) is 18.7 Å². The molecule has 5 nitrogen and oxygen atoms in total. The summed E-state index contributed by atoms with van der Waals surface area (Å²) in [5.41, 5.74) is 2.91. The van der Waals surface area contributed by atoms with Crippen LogP contribution >= 0.6 is 9.24 Å². The minimum atomic E-state index is 0.127. The van der Waals surface area contributed by atoms with Crippen molar-refractivity contribution < 1.29 is 14.8 Å². The maximum Gasteiger partial charge on any atom is 0.223 e. The number of benzene rings is 2. The summed E-state index contributed by atoms with van der Waals surface area (Å²) in [6, 6.07) is 11.8. The summed E-state index contributed by atoms with van der Waals surface area (Å²) in [7, 11) is 2.69. The van der Waals surface area contributed by atoms with E-state index in [4.69, 9.17) is 10.1 Å². The van der Waals surface area contributed by atoms with Crippen molar-refractivity contribution >= 4 is 32.4 Å². The van der Waals surface area contributed by atoms with Gasteiger partial charge in [-0.05, 0) is 55.3 Å². The van der Waals surface area contributed by atoms with E-state index in [9.17, 15) is 4.79 Å². The number of hydrogen-bond donors (Lipinski definition) is 3. The van der Waals surface area contributed by atoms with E-state index < -0.39 is 0 Å². The van der Waals surface area contributed by atoms with Crippen LogP contribution in [0, 0.1) is 17.2 Å². The summed E-state index contributed by atoms with van der Waals surface area (Å²) >= 11 is 0. The van der Waals surface area contributed by atoms with Crippen molar-refractivity contribution in [2.24, 2.45) is 11.8 Å². The molecule has 2 aliphatic carbocycles. The molecule has 1 amide bonds. The van der Waals surface area contributed by atoms with E-state index in [0.717, 1.165) is 53.2 Å². The molecule has 0 saturated heterocycles. The molecule has 2 aliphatic rings. The van der Waals surface area contributed by atoms with Gasteiger partial charge in [0.2, 0.25) is 5.91 Å². The molecule has 29 heavy (non-hydrogen) atoms. The Labute approximate surface area is 174 Å². The fraction of sp³-hybridized carbons (Fsp3) is 0.391. The van der Waals surface area contributed by atoms with Gasteiger partial charge in [0.15, 0.2) is 0 Å². The quantitative estimate of drug-likeness (QED) is 0.338. The molecule has 4 rings (SSSR count). The van der Waals surface area contributed by atoms with Gasteiger partial charge in [-0.15, -0.1) is 9.24 Å². The van der Waals surface area contributed by atoms with Gasteiger partial charge in [-0.3, -0.25) is 4.79 Å². The van der Waals surface area contributed by atoms with E-state index in [0.29, 0.717) is 12.3 Å². The lowest BCUT2D eigenvalue weighted by Crippen LogP contribution is -2.80. The lowest BCUT2D eigenvalue weighted by atomic mass is 9.85. The molecule has 2 fully saturated rings. The molecule has 0 aliphatic heterocycles. The first-order valence-electron chi connectivity index (χ1n) is 10.4. The summed E-state index contributed by atoms with van der Waals surface area (Å²) in [4.78, 5) is 12.0. The normalized spacial score (nSPS) is 16.2. The molecular weight excluding hydrogens is 381 g/mol. The van der Waals surface area contributed by atoms with Crippen molar-refractivity contribution in [3.05, 3.63) is 47.5 Å². The highest BCUT2D eigenvalue weighted by Crippen LogP contribution is 2.30. The van der Waals surface area contributed by atoms with Crippen LogP contribution in [0.1, 0.15) is 43.2 Å². The molecule has 0 radical (unpaired) electrons. The third-order valence-corrected chi connectivity index (χ3v) is 6.18. The number of carbonyl (C=O) groups excluding carboxylic acids is 1. The number of rotatable bonds is 9. The van der Waals surface area contributed by atoms with Crippen LogP contribution in [0.15, 0.2) is 36.4 Å². The SMILES string of the molecule is N=Cc1cc(Oc2ccc(P)cc2CNC(=O)C2CC2)ccc1[NH2+]CC1CCC1. The van der Waals surface area contributed by atoms with Crippen molar-refractivity contribution in [1.29, 1.82) is 5.41 Å². The maximum absolute atomic E-state index is 12.0. The first-order chi connectivity index (χ1) is 14.1. The van der Waals surface area contributed by atoms with Crippen LogP contribution in [0.2, 0.25) is 0 Å². The predicted molar refractivity (Wildman–Crippen MR) is 119 cm³/mol. The summed E-state index contributed by atoms with van der Waals surface area (Å²) in [6.07, 6.45) is 7.38. The van der Waals surface area contributed by atoms with Crippen LogP contribution in [0.25, 0.3) is 0 Å². The highest BCUT2D eigenvalue weighted by atomic mass is 31.0. The molecule has 0 spiro atoms. The second-order valence-electron chi connectivity index (χ2n) is 8.13. The van der Waals surface area contributed by atoms with E-state index in [-0.39, 0.29) is 11.8 Å². The molecule has 0 bridgehead atoms. The molecule has 4 N–H and O–H groups in total. The average molecular weight is 410 g/mol. The fourth-order valence-corrected chi connectivity index (χ4v) is 3.88. The third-order valence-electron chi connectivity index (χ3n) is 5.82. The Morgan fingerprint density at radius 1 is 1.21 bits per heavy atom. The number of hydrogen-bond acceptors (Lipinski definition) is 3. The smallest absolute Gasteiger partial charge is 0.223 e. The Morgan fingerprint density at radius 3 is 2.72 bits per heavy atom. The zero-order valence-electron chi connectivity index (χ0n) is 16.6. The number of ether oxygens (including phenoxy) is 1. The topological polar surface area (TPSA) is 78.8 Å². The first kappa shape index (κ1) is 20.1. The van der Waals surface area contributed by atoms with E-state index in [1.54, 1.807) is 0 Å². The number of quaternary nitrogens is 1. The van der Waals surface area contributed by atoms with Gasteiger partial charge in [0.1, 0.15) is 17.2 Å². The van der Waals surface area contributed by atoms with Crippen LogP contribution < -0.4 is 20.7 Å². The van der Waals surface area contributed by atoms with Crippen LogP contribution in [0.3, 0.4) is 0 Å². The van der Waals surface area contributed by atoms with Gasteiger partial charge in [0.25, 0.3) is 0 Å². The molecular formula is C23H29N3O2P+. The summed E-state index contributed by atoms with van der Waals surface area (Å²) in [5, 5.41) is 14.1. The predicted octanol–water partition coefficient (Wildman–Crippen LogP) is 3.00. The monoisotopic (exact) mass is 410 g/mol. The molecule has 2 aromatic rings. The van der Waals surface area contributed by atoms with Gasteiger partial charge >= 0.3 is 0 Å². The lowest BCUT2D eigenvalue weighted by Gasteiger charge is -2.23. The van der Waals surface area contributed by atoms with Gasteiger partial charge in [0.05, 0.1) is 12.1 Å². The minimum absolute atomic E-state index is 0.127. The van der Waals surface area contributed by atoms with E-state index in [1.807, 2.05) is 36.4 Å². The van der Waals surface area contributed by atoms with Crippen molar-refractivity contribution in [3.63, 3.8) is 0 Å². The number of carbonyl (C=O) groups is 1. The number of nitrogens with one attached hydrogen (secondary N) is 2. The zero-order valence-corrected chi connectivity index (χ0v) is 17.8. The maximum atomic E-state index is 12.0. The summed E-state index contributed by atoms with van der Waals surface area (Å²) < 4.78 is 6.15. The van der Waals surface area contributed by atoms with Gasteiger partial charge < -0.3 is 20.8 Å². The Balaban J connectivity index is 1.45. The van der Waals surface area contributed by atoms with Gasteiger partial charge in [0, 0.05) is 36.2 Å². The fourth-order valence-electron chi connectivity index (χ4n) is 3.59. The van der Waals surface area contributed by atoms with Crippen LogP contribution in [-0.2, 0) is 11.3 Å². The lowest BCUT2D eigenvalue weighted by molar-refractivity contribution is -0.580. The van der Waals surface area contributed by atoms with Crippen molar-refractivity contribution in [2.45, 2.75) is 38.6 Å². The van der Waals surface area contributed by atoms with Gasteiger partial charge in [-0.2, -0.15) is 0 Å². The van der Waals surface area contributed by atoms with E-state index in [1.165, 1.54) is 25.5 Å². The Hall–Kier alpha value is -2.23. The first-order valence-corrected chi connectivity index (χ1v) is 11.0. The second kappa shape index (κ2) is 9.06. The standard InChI is InChI=1S/C23H28N3O2P/c24-12-17-10-19(6-8-21(17)25-13-15-2-1-3-15)28-22-9-7-20(29)11-18(22)14-26-23(27)16-4-5-16/h6-12,15-16,24-25H,1-5,13-14,29H2,(H,26,27)/p+1. The highest BCUT2D eigenvalue weighted by molar-refractivity contribution is 7.27. The zero-order chi connectivity index (χ0) is 20.2. The Kier molecular flexibility index (Phi) is 6.27. The minimum Gasteiger partial charge on any atom is -0.457 e. The molecule has 0 heterocycles. The molecule has 2 aromatic carbocycles. The molecule has 0 aromatic heterocycles. The second-order valence-corrected chi connectivity index (χ2v) is 8.80. The van der Waals surface area contributed by atoms with Crippen molar-refractivity contribution in [1.82, 2.24) is 5.32 Å². The van der Waals surface area contributed by atoms with Crippen LogP contribution in [0.4, 0.5) is 5.69 Å². The third kappa shape index (κ3) is 5.23. The molecule has 2 saturated carbocycles. The summed E-state index contributed by atoms with van der Waals surface area (Å²) in [5.74, 6) is 2.56. The molecule has 152 valence electrons. The average Bonchev–Trinajstić information content (AvgIpc) is 3.53. The van der Waals surface area contributed by atoms with Crippen molar-refractivity contribution in [2.75, 3.05) is 6.54 Å². The molecule has 1 unspecified atom stereocenters. The van der Waals surface area contributed by atoms with E-state index >= 15 is 0 Å². The van der Waals surface area contributed by atoms with Gasteiger partial charge in [-0.1, -0.05) is 12.5 Å². The van der Waals surface area contributed by atoms with Gasteiger partial charge in [-0.25, -0.2) is 0 Å². The van der Waals surface area contributed by atoms with Crippen LogP contribution in [0.5, 0.6) is 11.5 Å². The Bertz CT molecular complexity index is 907. The van der Waals surface area contributed by atoms with E-state index in [2.05, 4.69) is 19.9 Å². The number of amides is 1. The highest BCUT2D eigenvalue weighted by Gasteiger charge is 2.29. The molecule has 6 heteroatoms. The Morgan fingerprint density at radius 2 is 2.03 bits per heavy atom. The largest absolute Gasteiger partial charge is 0.457 e.